The SMILES string of the molecule is Cc1cc(I)n([C@@H]2CCCCO2)n1. The van der Waals surface area contributed by atoms with Gasteiger partial charge in [0.25, 0.3) is 0 Å². The van der Waals surface area contributed by atoms with Gasteiger partial charge in [0.15, 0.2) is 6.23 Å². The lowest BCUT2D eigenvalue weighted by Crippen LogP contribution is -2.20. The monoisotopic (exact) mass is 292 g/mol. The summed E-state index contributed by atoms with van der Waals surface area (Å²) in [6.45, 7) is 2.89. The smallest absolute Gasteiger partial charge is 0.151 e. The number of hydrogen-bond acceptors (Lipinski definition) is 2. The quantitative estimate of drug-likeness (QED) is 0.744. The Hall–Kier alpha value is -0.100. The van der Waals surface area contributed by atoms with Crippen LogP contribution in [0.2, 0.25) is 0 Å². The Balaban J connectivity index is 2.18. The fourth-order valence-electron chi connectivity index (χ4n) is 1.60. The first-order chi connectivity index (χ1) is 6.27. The molecule has 0 amide bonds. The highest BCUT2D eigenvalue weighted by molar-refractivity contribution is 14.1. The van der Waals surface area contributed by atoms with Crippen molar-refractivity contribution in [2.45, 2.75) is 32.4 Å². The van der Waals surface area contributed by atoms with Crippen LogP contribution in [-0.2, 0) is 4.74 Å². The molecule has 0 aromatic carbocycles. The first-order valence-electron chi connectivity index (χ1n) is 4.60. The molecule has 13 heavy (non-hydrogen) atoms. The third-order valence-corrected chi connectivity index (χ3v) is 3.05. The molecule has 0 bridgehead atoms. The van der Waals surface area contributed by atoms with Crippen molar-refractivity contribution in [2.24, 2.45) is 0 Å². The molecule has 1 fully saturated rings. The number of halogens is 1. The van der Waals surface area contributed by atoms with Crippen molar-refractivity contribution in [3.05, 3.63) is 15.5 Å². The van der Waals surface area contributed by atoms with Gasteiger partial charge in [-0.3, -0.25) is 0 Å². The number of aromatic nitrogens is 2. The van der Waals surface area contributed by atoms with E-state index < -0.39 is 0 Å². The maximum atomic E-state index is 5.65. The Morgan fingerprint density at radius 1 is 1.62 bits per heavy atom. The molecule has 1 aliphatic rings. The molecule has 0 spiro atoms. The second-order valence-electron chi connectivity index (χ2n) is 3.37. The molecule has 0 radical (unpaired) electrons. The Morgan fingerprint density at radius 2 is 2.46 bits per heavy atom. The number of rotatable bonds is 1. The molecular weight excluding hydrogens is 279 g/mol. The summed E-state index contributed by atoms with van der Waals surface area (Å²) in [4.78, 5) is 0. The molecule has 1 aromatic heterocycles. The minimum absolute atomic E-state index is 0.175. The lowest BCUT2D eigenvalue weighted by atomic mass is 10.2. The van der Waals surface area contributed by atoms with E-state index in [-0.39, 0.29) is 6.23 Å². The first kappa shape index (κ1) is 9.45. The van der Waals surface area contributed by atoms with Gasteiger partial charge < -0.3 is 4.74 Å². The summed E-state index contributed by atoms with van der Waals surface area (Å²) in [6.07, 6.45) is 3.71. The third-order valence-electron chi connectivity index (χ3n) is 2.24. The number of ether oxygens (including phenoxy) is 1. The van der Waals surface area contributed by atoms with Crippen LogP contribution in [0.4, 0.5) is 0 Å². The summed E-state index contributed by atoms with van der Waals surface area (Å²) in [5.41, 5.74) is 1.07. The molecule has 4 heteroatoms. The van der Waals surface area contributed by atoms with Gasteiger partial charge in [-0.2, -0.15) is 5.10 Å². The number of hydrogen-bond donors (Lipinski definition) is 0. The zero-order chi connectivity index (χ0) is 9.26. The highest BCUT2D eigenvalue weighted by atomic mass is 127. The maximum Gasteiger partial charge on any atom is 0.151 e. The van der Waals surface area contributed by atoms with Crippen molar-refractivity contribution in [1.82, 2.24) is 9.78 Å². The zero-order valence-corrected chi connectivity index (χ0v) is 9.82. The van der Waals surface area contributed by atoms with Gasteiger partial charge in [0.05, 0.1) is 5.69 Å². The molecule has 2 heterocycles. The lowest BCUT2D eigenvalue weighted by Gasteiger charge is -2.23. The van der Waals surface area contributed by atoms with Gasteiger partial charge in [-0.25, -0.2) is 4.68 Å². The molecule has 0 saturated carbocycles. The number of aryl methyl sites for hydroxylation is 1. The average molecular weight is 292 g/mol. The first-order valence-corrected chi connectivity index (χ1v) is 5.68. The van der Waals surface area contributed by atoms with Crippen LogP contribution in [0.5, 0.6) is 0 Å². The summed E-state index contributed by atoms with van der Waals surface area (Å²) >= 11 is 2.30. The molecule has 1 atom stereocenters. The van der Waals surface area contributed by atoms with E-state index in [1.807, 2.05) is 11.6 Å². The standard InChI is InChI=1S/C9H13IN2O/c1-7-6-8(10)12(11-7)9-4-2-3-5-13-9/h6,9H,2-5H2,1H3/t9-/m0/s1. The largest absolute Gasteiger partial charge is 0.356 e. The predicted molar refractivity (Wildman–Crippen MR) is 58.5 cm³/mol. The van der Waals surface area contributed by atoms with Crippen LogP contribution < -0.4 is 0 Å². The van der Waals surface area contributed by atoms with Crippen LogP contribution in [-0.4, -0.2) is 16.4 Å². The molecule has 0 aliphatic carbocycles. The Kier molecular flexibility index (Phi) is 2.88. The minimum Gasteiger partial charge on any atom is -0.356 e. The molecule has 1 saturated heterocycles. The van der Waals surface area contributed by atoms with Crippen LogP contribution in [0.15, 0.2) is 6.07 Å². The maximum absolute atomic E-state index is 5.65. The van der Waals surface area contributed by atoms with E-state index in [2.05, 4.69) is 33.8 Å². The van der Waals surface area contributed by atoms with E-state index >= 15 is 0 Å². The summed E-state index contributed by atoms with van der Waals surface area (Å²) < 4.78 is 8.82. The number of nitrogens with zero attached hydrogens (tertiary/aromatic N) is 2. The van der Waals surface area contributed by atoms with Crippen LogP contribution in [0, 0.1) is 10.6 Å². The molecule has 1 aromatic rings. The van der Waals surface area contributed by atoms with Crippen LogP contribution >= 0.6 is 22.6 Å². The van der Waals surface area contributed by atoms with Gasteiger partial charge >= 0.3 is 0 Å². The van der Waals surface area contributed by atoms with Gasteiger partial charge in [0, 0.05) is 6.61 Å². The van der Waals surface area contributed by atoms with Crippen LogP contribution in [0.1, 0.15) is 31.2 Å². The molecule has 0 N–H and O–H groups in total. The molecule has 72 valence electrons. The molecule has 1 aliphatic heterocycles. The van der Waals surface area contributed by atoms with E-state index in [0.29, 0.717) is 0 Å². The third kappa shape index (κ3) is 2.04. The van der Waals surface area contributed by atoms with Crippen molar-refractivity contribution < 1.29 is 4.74 Å². The molecule has 2 rings (SSSR count). The topological polar surface area (TPSA) is 27.1 Å². The summed E-state index contributed by atoms with van der Waals surface area (Å²) in [7, 11) is 0. The Morgan fingerprint density at radius 3 is 3.00 bits per heavy atom. The Labute approximate surface area is 91.6 Å². The second-order valence-corrected chi connectivity index (χ2v) is 4.48. The average Bonchev–Trinajstić information content (AvgIpc) is 2.47. The van der Waals surface area contributed by atoms with Gasteiger partial charge in [-0.1, -0.05) is 0 Å². The highest BCUT2D eigenvalue weighted by Gasteiger charge is 2.18. The summed E-state index contributed by atoms with van der Waals surface area (Å²) in [6, 6.07) is 2.08. The second kappa shape index (κ2) is 3.96. The van der Waals surface area contributed by atoms with Crippen molar-refractivity contribution in [2.75, 3.05) is 6.61 Å². The van der Waals surface area contributed by atoms with E-state index in [4.69, 9.17) is 4.74 Å². The Bertz CT molecular complexity index is 292. The van der Waals surface area contributed by atoms with Crippen LogP contribution in [0.3, 0.4) is 0 Å². The lowest BCUT2D eigenvalue weighted by molar-refractivity contribution is -0.0412. The van der Waals surface area contributed by atoms with Crippen molar-refractivity contribution in [1.29, 1.82) is 0 Å². The van der Waals surface area contributed by atoms with E-state index in [0.717, 1.165) is 18.7 Å². The minimum atomic E-state index is 0.175. The van der Waals surface area contributed by atoms with Gasteiger partial charge in [0.1, 0.15) is 3.70 Å². The van der Waals surface area contributed by atoms with Crippen molar-refractivity contribution >= 4 is 22.6 Å². The summed E-state index contributed by atoms with van der Waals surface area (Å²) in [5, 5.41) is 4.42. The fourth-order valence-corrected chi connectivity index (χ4v) is 2.47. The normalized spacial score (nSPS) is 23.4. The highest BCUT2D eigenvalue weighted by Crippen LogP contribution is 2.24. The zero-order valence-electron chi connectivity index (χ0n) is 7.66. The molecule has 0 unspecified atom stereocenters. The van der Waals surface area contributed by atoms with Gasteiger partial charge in [-0.05, 0) is 54.8 Å². The van der Waals surface area contributed by atoms with Gasteiger partial charge in [-0.15, -0.1) is 0 Å². The van der Waals surface area contributed by atoms with E-state index in [1.165, 1.54) is 16.5 Å². The fraction of sp³-hybridized carbons (Fsp3) is 0.667. The summed E-state index contributed by atoms with van der Waals surface area (Å²) in [5.74, 6) is 0. The van der Waals surface area contributed by atoms with E-state index in [1.54, 1.807) is 0 Å². The predicted octanol–water partition coefficient (Wildman–Crippen LogP) is 2.50. The van der Waals surface area contributed by atoms with E-state index in [9.17, 15) is 0 Å². The molecular formula is C9H13IN2O. The van der Waals surface area contributed by atoms with Crippen molar-refractivity contribution in [3.63, 3.8) is 0 Å². The van der Waals surface area contributed by atoms with Crippen molar-refractivity contribution in [3.8, 4) is 0 Å². The van der Waals surface area contributed by atoms with Crippen LogP contribution in [0.25, 0.3) is 0 Å². The molecule has 3 nitrogen and oxygen atoms in total. The van der Waals surface area contributed by atoms with Gasteiger partial charge in [0.2, 0.25) is 0 Å².